The van der Waals surface area contributed by atoms with Gasteiger partial charge in [0.25, 0.3) is 0 Å². The maximum Gasteiger partial charge on any atom is 0.148 e. The number of nitrogens with zero attached hydrogens (tertiary/aromatic N) is 1. The van der Waals surface area contributed by atoms with Crippen LogP contribution in [0.5, 0.6) is 0 Å². The first-order valence-corrected chi connectivity index (χ1v) is 9.29. The van der Waals surface area contributed by atoms with Gasteiger partial charge in [0.2, 0.25) is 0 Å². The lowest BCUT2D eigenvalue weighted by atomic mass is 10.2. The van der Waals surface area contributed by atoms with Gasteiger partial charge < -0.3 is 5.32 Å². The summed E-state index contributed by atoms with van der Waals surface area (Å²) < 4.78 is 22.4. The number of thiazole rings is 1. The first kappa shape index (κ1) is 15.2. The molecular formula is C14H18N2O2S2. The second-order valence-corrected chi connectivity index (χ2v) is 7.99. The van der Waals surface area contributed by atoms with E-state index in [0.717, 1.165) is 16.3 Å². The highest BCUT2D eigenvalue weighted by Gasteiger charge is 2.11. The predicted octanol–water partition coefficient (Wildman–Crippen LogP) is 2.33. The zero-order chi connectivity index (χ0) is 14.6. The minimum absolute atomic E-state index is 0.0749. The Labute approximate surface area is 123 Å². The Kier molecular flexibility index (Phi) is 4.91. The van der Waals surface area contributed by atoms with Crippen LogP contribution in [-0.2, 0) is 16.4 Å². The summed E-state index contributed by atoms with van der Waals surface area (Å²) in [5, 5.41) is 6.17. The number of sulfone groups is 1. The van der Waals surface area contributed by atoms with Crippen LogP contribution in [0.3, 0.4) is 0 Å². The van der Waals surface area contributed by atoms with Crippen LogP contribution in [0.1, 0.15) is 11.9 Å². The summed E-state index contributed by atoms with van der Waals surface area (Å²) in [7, 11) is -2.95. The molecule has 0 radical (unpaired) electrons. The van der Waals surface area contributed by atoms with Crippen LogP contribution in [0.15, 0.2) is 35.7 Å². The zero-order valence-corrected chi connectivity index (χ0v) is 13.2. The van der Waals surface area contributed by atoms with Gasteiger partial charge in [-0.3, -0.25) is 0 Å². The van der Waals surface area contributed by atoms with Crippen molar-refractivity contribution >= 4 is 21.2 Å². The van der Waals surface area contributed by atoms with Crippen LogP contribution in [0.2, 0.25) is 0 Å². The summed E-state index contributed by atoms with van der Waals surface area (Å²) in [6.07, 6.45) is 1.25. The molecule has 1 N–H and O–H groups in total. The van der Waals surface area contributed by atoms with E-state index >= 15 is 0 Å². The van der Waals surface area contributed by atoms with E-state index in [4.69, 9.17) is 0 Å². The molecule has 1 atom stereocenters. The van der Waals surface area contributed by atoms with E-state index in [1.165, 1.54) is 6.26 Å². The summed E-state index contributed by atoms with van der Waals surface area (Å²) in [6, 6.07) is 9.93. The quantitative estimate of drug-likeness (QED) is 0.889. The number of benzene rings is 1. The Hall–Kier alpha value is -1.24. The van der Waals surface area contributed by atoms with E-state index in [-0.39, 0.29) is 11.8 Å². The van der Waals surface area contributed by atoms with Gasteiger partial charge >= 0.3 is 0 Å². The van der Waals surface area contributed by atoms with Gasteiger partial charge in [0.05, 0.1) is 11.4 Å². The van der Waals surface area contributed by atoms with Gasteiger partial charge in [0.15, 0.2) is 0 Å². The van der Waals surface area contributed by atoms with E-state index in [9.17, 15) is 8.42 Å². The van der Waals surface area contributed by atoms with Crippen molar-refractivity contribution in [2.24, 2.45) is 0 Å². The van der Waals surface area contributed by atoms with Gasteiger partial charge in [-0.15, -0.1) is 11.3 Å². The number of rotatable bonds is 6. The molecule has 0 saturated carbocycles. The van der Waals surface area contributed by atoms with Gasteiger partial charge in [-0.25, -0.2) is 13.4 Å². The van der Waals surface area contributed by atoms with Crippen molar-refractivity contribution in [3.05, 3.63) is 40.7 Å². The van der Waals surface area contributed by atoms with Crippen molar-refractivity contribution in [2.75, 3.05) is 12.0 Å². The van der Waals surface area contributed by atoms with Crippen molar-refractivity contribution in [3.8, 4) is 11.3 Å². The average Bonchev–Trinajstić information content (AvgIpc) is 2.84. The third-order valence-electron chi connectivity index (χ3n) is 2.78. The third-order valence-corrected chi connectivity index (χ3v) is 4.73. The molecule has 0 aliphatic carbocycles. The minimum Gasteiger partial charge on any atom is -0.307 e. The molecule has 0 aliphatic rings. The lowest BCUT2D eigenvalue weighted by Crippen LogP contribution is -2.32. The highest BCUT2D eigenvalue weighted by Crippen LogP contribution is 2.21. The molecule has 0 amide bonds. The molecule has 0 spiro atoms. The molecule has 0 saturated heterocycles. The lowest BCUT2D eigenvalue weighted by molar-refractivity contribution is 0.559. The van der Waals surface area contributed by atoms with E-state index in [2.05, 4.69) is 10.3 Å². The number of nitrogens with one attached hydrogen (secondary N) is 1. The second kappa shape index (κ2) is 6.47. The molecule has 1 aromatic carbocycles. The topological polar surface area (TPSA) is 59.1 Å². The highest BCUT2D eigenvalue weighted by atomic mass is 32.2. The van der Waals surface area contributed by atoms with Crippen molar-refractivity contribution in [1.29, 1.82) is 0 Å². The first-order chi connectivity index (χ1) is 9.44. The van der Waals surface area contributed by atoms with Crippen molar-refractivity contribution in [3.63, 3.8) is 0 Å². The molecule has 4 nitrogen and oxygen atoms in total. The molecule has 0 fully saturated rings. The Balaban J connectivity index is 1.94. The van der Waals surface area contributed by atoms with Crippen LogP contribution in [0, 0.1) is 0 Å². The van der Waals surface area contributed by atoms with Crippen molar-refractivity contribution in [1.82, 2.24) is 10.3 Å². The molecule has 6 heteroatoms. The summed E-state index contributed by atoms with van der Waals surface area (Å²) in [4.78, 5) is 4.56. The molecule has 0 aliphatic heterocycles. The maximum atomic E-state index is 11.2. The summed E-state index contributed by atoms with van der Waals surface area (Å²) in [6.45, 7) is 2.46. The molecule has 2 aromatic rings. The molecule has 108 valence electrons. The largest absolute Gasteiger partial charge is 0.307 e. The van der Waals surface area contributed by atoms with E-state index in [1.54, 1.807) is 11.3 Å². The van der Waals surface area contributed by atoms with Gasteiger partial charge in [-0.05, 0) is 6.92 Å². The minimum atomic E-state index is -2.95. The van der Waals surface area contributed by atoms with Crippen molar-refractivity contribution in [2.45, 2.75) is 19.5 Å². The SMILES string of the molecule is CC(CS(C)(=O)=O)NCc1nc(-c2ccccc2)cs1. The number of hydrogen-bond acceptors (Lipinski definition) is 5. The first-order valence-electron chi connectivity index (χ1n) is 6.35. The van der Waals surface area contributed by atoms with Gasteiger partial charge in [-0.2, -0.15) is 0 Å². The zero-order valence-electron chi connectivity index (χ0n) is 11.5. The third kappa shape index (κ3) is 4.70. The molecule has 20 heavy (non-hydrogen) atoms. The van der Waals surface area contributed by atoms with Gasteiger partial charge in [-0.1, -0.05) is 30.3 Å². The summed E-state index contributed by atoms with van der Waals surface area (Å²) in [5.41, 5.74) is 2.06. The summed E-state index contributed by atoms with van der Waals surface area (Å²) >= 11 is 1.58. The highest BCUT2D eigenvalue weighted by molar-refractivity contribution is 7.90. The summed E-state index contributed by atoms with van der Waals surface area (Å²) in [5.74, 6) is 0.143. The Morgan fingerprint density at radius 2 is 2.00 bits per heavy atom. The Bertz CT molecular complexity index is 651. The molecular weight excluding hydrogens is 292 g/mol. The van der Waals surface area contributed by atoms with Crippen LogP contribution in [-0.4, -0.2) is 31.5 Å². The number of hydrogen-bond donors (Lipinski definition) is 1. The molecule has 1 heterocycles. The van der Waals surface area contributed by atoms with Gasteiger partial charge in [0.1, 0.15) is 14.8 Å². The van der Waals surface area contributed by atoms with Crippen LogP contribution in [0.25, 0.3) is 11.3 Å². The van der Waals surface area contributed by atoms with E-state index in [1.807, 2.05) is 42.6 Å². The second-order valence-electron chi connectivity index (χ2n) is 4.87. The monoisotopic (exact) mass is 310 g/mol. The maximum absolute atomic E-state index is 11.2. The Morgan fingerprint density at radius 3 is 2.65 bits per heavy atom. The smallest absolute Gasteiger partial charge is 0.148 e. The van der Waals surface area contributed by atoms with Gasteiger partial charge in [0, 0.05) is 29.8 Å². The van der Waals surface area contributed by atoms with Crippen molar-refractivity contribution < 1.29 is 8.42 Å². The fourth-order valence-corrected chi connectivity index (χ4v) is 3.69. The van der Waals surface area contributed by atoms with Crippen LogP contribution >= 0.6 is 11.3 Å². The predicted molar refractivity (Wildman–Crippen MR) is 83.6 cm³/mol. The molecule has 1 unspecified atom stereocenters. The normalized spacial score (nSPS) is 13.3. The fourth-order valence-electron chi connectivity index (χ4n) is 1.91. The molecule has 0 bridgehead atoms. The molecule has 2 rings (SSSR count). The van der Waals surface area contributed by atoms with Crippen LogP contribution in [0.4, 0.5) is 0 Å². The fraction of sp³-hybridized carbons (Fsp3) is 0.357. The van der Waals surface area contributed by atoms with Crippen LogP contribution < -0.4 is 5.32 Å². The Morgan fingerprint density at radius 1 is 1.30 bits per heavy atom. The van der Waals surface area contributed by atoms with E-state index < -0.39 is 9.84 Å². The standard InChI is InChI=1S/C14H18N2O2S2/c1-11(10-20(2,17)18)15-8-14-16-13(9-19-14)12-6-4-3-5-7-12/h3-7,9,11,15H,8,10H2,1-2H3. The lowest BCUT2D eigenvalue weighted by Gasteiger charge is -2.10. The molecule has 1 aromatic heterocycles. The number of aromatic nitrogens is 1. The van der Waals surface area contributed by atoms with E-state index in [0.29, 0.717) is 6.54 Å². The average molecular weight is 310 g/mol.